The zero-order valence-electron chi connectivity index (χ0n) is 15.6. The summed E-state index contributed by atoms with van der Waals surface area (Å²) in [6, 6.07) is 19.0. The van der Waals surface area contributed by atoms with Crippen LogP contribution in [0.4, 0.5) is 5.69 Å². The van der Waals surface area contributed by atoms with E-state index in [-0.39, 0.29) is 11.7 Å². The normalized spacial score (nSPS) is 10.8. The average molecular weight is 424 g/mol. The van der Waals surface area contributed by atoms with Gasteiger partial charge in [-0.3, -0.25) is 9.47 Å². The van der Waals surface area contributed by atoms with Gasteiger partial charge >= 0.3 is 0 Å². The number of anilines is 1. The molecule has 2 aromatic carbocycles. The largest absolute Gasteiger partial charge is 0.325 e. The van der Waals surface area contributed by atoms with E-state index in [1.54, 1.807) is 24.3 Å². The quantitative estimate of drug-likeness (QED) is 0.454. The van der Waals surface area contributed by atoms with Crippen molar-refractivity contribution in [2.45, 2.75) is 12.1 Å². The number of thioether (sulfide) groups is 1. The Morgan fingerprint density at radius 1 is 1.07 bits per heavy atom. The highest BCUT2D eigenvalue weighted by molar-refractivity contribution is 7.99. The van der Waals surface area contributed by atoms with Crippen LogP contribution in [0.15, 0.2) is 78.2 Å². The van der Waals surface area contributed by atoms with Gasteiger partial charge in [0.1, 0.15) is 0 Å². The number of hydrogen-bond donors (Lipinski definition) is 1. The maximum Gasteiger partial charge on any atom is 0.234 e. The van der Waals surface area contributed by atoms with Gasteiger partial charge in [-0.25, -0.2) is 4.68 Å². The summed E-state index contributed by atoms with van der Waals surface area (Å²) in [4.78, 5) is 12.4. The molecule has 6 nitrogen and oxygen atoms in total. The molecule has 0 saturated carbocycles. The maximum atomic E-state index is 12.4. The van der Waals surface area contributed by atoms with Crippen molar-refractivity contribution >= 4 is 35.0 Å². The predicted molar refractivity (Wildman–Crippen MR) is 116 cm³/mol. The van der Waals surface area contributed by atoms with Crippen LogP contribution < -0.4 is 5.32 Å². The second-order valence-electron chi connectivity index (χ2n) is 6.39. The van der Waals surface area contributed by atoms with Gasteiger partial charge in [-0.15, -0.1) is 10.2 Å². The number of hydrogen-bond acceptors (Lipinski definition) is 4. The van der Waals surface area contributed by atoms with E-state index in [1.165, 1.54) is 11.8 Å². The van der Waals surface area contributed by atoms with Crippen LogP contribution in [0.1, 0.15) is 5.56 Å². The van der Waals surface area contributed by atoms with Crippen molar-refractivity contribution in [1.82, 2.24) is 19.5 Å². The highest BCUT2D eigenvalue weighted by Crippen LogP contribution is 2.25. The lowest BCUT2D eigenvalue weighted by Crippen LogP contribution is -2.15. The first-order valence-corrected chi connectivity index (χ1v) is 10.3. The molecular weight excluding hydrogens is 406 g/mol. The van der Waals surface area contributed by atoms with Gasteiger partial charge in [0.15, 0.2) is 5.82 Å². The third-order valence-corrected chi connectivity index (χ3v) is 5.34. The van der Waals surface area contributed by atoms with E-state index in [1.807, 2.05) is 59.0 Å². The summed E-state index contributed by atoms with van der Waals surface area (Å²) in [5.41, 5.74) is 2.80. The predicted octanol–water partition coefficient (Wildman–Crippen LogP) is 4.75. The number of rotatable bonds is 6. The number of nitrogens with zero attached hydrogens (tertiary/aromatic N) is 4. The van der Waals surface area contributed by atoms with Crippen molar-refractivity contribution in [3.05, 3.63) is 83.6 Å². The van der Waals surface area contributed by atoms with Crippen LogP contribution in [-0.2, 0) is 4.79 Å². The molecular formula is C21H18ClN5OS. The van der Waals surface area contributed by atoms with Crippen molar-refractivity contribution in [2.75, 3.05) is 11.1 Å². The Bertz CT molecular complexity index is 1120. The van der Waals surface area contributed by atoms with Gasteiger partial charge in [-0.2, -0.15) is 0 Å². The van der Waals surface area contributed by atoms with Crippen LogP contribution in [0.5, 0.6) is 0 Å². The smallest absolute Gasteiger partial charge is 0.234 e. The van der Waals surface area contributed by atoms with Crippen LogP contribution in [0, 0.1) is 6.92 Å². The Morgan fingerprint density at radius 3 is 2.55 bits per heavy atom. The van der Waals surface area contributed by atoms with E-state index in [4.69, 9.17) is 11.6 Å². The molecule has 0 aliphatic heterocycles. The van der Waals surface area contributed by atoms with Gasteiger partial charge < -0.3 is 5.32 Å². The van der Waals surface area contributed by atoms with Gasteiger partial charge in [0.25, 0.3) is 0 Å². The molecule has 0 spiro atoms. The van der Waals surface area contributed by atoms with Crippen LogP contribution in [0.3, 0.4) is 0 Å². The molecule has 0 unspecified atom stereocenters. The van der Waals surface area contributed by atoms with Crippen molar-refractivity contribution in [2.24, 2.45) is 0 Å². The minimum absolute atomic E-state index is 0.128. The van der Waals surface area contributed by atoms with Crippen molar-refractivity contribution in [1.29, 1.82) is 0 Å². The number of carbonyl (C=O) groups excluding carboxylic acids is 1. The van der Waals surface area contributed by atoms with Crippen molar-refractivity contribution < 1.29 is 4.79 Å². The minimum Gasteiger partial charge on any atom is -0.325 e. The summed E-state index contributed by atoms with van der Waals surface area (Å²) in [7, 11) is 0. The number of amides is 1. The SMILES string of the molecule is Cc1cccc(-c2nnc(SCC(=O)Nc3ccc(Cl)cc3)n2-n2cccc2)c1. The third kappa shape index (κ3) is 4.52. The fourth-order valence-electron chi connectivity index (χ4n) is 2.85. The lowest BCUT2D eigenvalue weighted by molar-refractivity contribution is -0.113. The number of nitrogens with one attached hydrogen (secondary N) is 1. The van der Waals surface area contributed by atoms with E-state index >= 15 is 0 Å². The lowest BCUT2D eigenvalue weighted by Gasteiger charge is -2.11. The molecule has 0 bridgehead atoms. The summed E-state index contributed by atoms with van der Waals surface area (Å²) >= 11 is 7.21. The first-order chi connectivity index (χ1) is 14.1. The summed E-state index contributed by atoms with van der Waals surface area (Å²) in [5, 5.41) is 12.8. The Hall–Kier alpha value is -3.03. The molecule has 4 rings (SSSR count). The van der Waals surface area contributed by atoms with E-state index in [0.717, 1.165) is 11.1 Å². The third-order valence-electron chi connectivity index (χ3n) is 4.17. The van der Waals surface area contributed by atoms with Crippen molar-refractivity contribution in [3.63, 3.8) is 0 Å². The number of benzene rings is 2. The fraction of sp³-hybridized carbons (Fsp3) is 0.0952. The zero-order chi connectivity index (χ0) is 20.2. The standard InChI is InChI=1S/C21H18ClN5OS/c1-15-5-4-6-16(13-15)20-24-25-21(27(20)26-11-2-3-12-26)29-14-19(28)23-18-9-7-17(22)8-10-18/h2-13H,14H2,1H3,(H,23,28). The van der Waals surface area contributed by atoms with Crippen LogP contribution >= 0.6 is 23.4 Å². The Morgan fingerprint density at radius 2 is 1.83 bits per heavy atom. The molecule has 4 aromatic rings. The first kappa shape index (κ1) is 19.3. The van der Waals surface area contributed by atoms with Gasteiger partial charge in [0.2, 0.25) is 11.1 Å². The van der Waals surface area contributed by atoms with Crippen LogP contribution in [-0.4, -0.2) is 31.2 Å². The highest BCUT2D eigenvalue weighted by Gasteiger charge is 2.17. The second-order valence-corrected chi connectivity index (χ2v) is 7.77. The monoisotopic (exact) mass is 423 g/mol. The molecule has 2 heterocycles. The van der Waals surface area contributed by atoms with E-state index < -0.39 is 0 Å². The van der Waals surface area contributed by atoms with Gasteiger partial charge in [-0.05, 0) is 49.4 Å². The molecule has 0 radical (unpaired) electrons. The fourth-order valence-corrected chi connectivity index (χ4v) is 3.71. The van der Waals surface area contributed by atoms with Gasteiger partial charge in [0.05, 0.1) is 5.75 Å². The zero-order valence-corrected chi connectivity index (χ0v) is 17.2. The summed E-state index contributed by atoms with van der Waals surface area (Å²) in [6.07, 6.45) is 3.83. The number of aryl methyl sites for hydroxylation is 1. The number of carbonyl (C=O) groups is 1. The average Bonchev–Trinajstić information content (AvgIpc) is 3.37. The number of aromatic nitrogens is 4. The molecule has 0 aliphatic rings. The topological polar surface area (TPSA) is 64.7 Å². The first-order valence-electron chi connectivity index (χ1n) is 8.94. The van der Waals surface area contributed by atoms with Crippen LogP contribution in [0.2, 0.25) is 5.02 Å². The Balaban J connectivity index is 1.56. The Labute approximate surface area is 177 Å². The molecule has 1 amide bonds. The Kier molecular flexibility index (Phi) is 5.69. The molecule has 146 valence electrons. The molecule has 0 aliphatic carbocycles. The molecule has 29 heavy (non-hydrogen) atoms. The van der Waals surface area contributed by atoms with E-state index in [2.05, 4.69) is 21.6 Å². The van der Waals surface area contributed by atoms with Crippen molar-refractivity contribution in [3.8, 4) is 11.4 Å². The maximum absolute atomic E-state index is 12.4. The van der Waals surface area contributed by atoms with Gasteiger partial charge in [0, 0.05) is 28.7 Å². The highest BCUT2D eigenvalue weighted by atomic mass is 35.5. The molecule has 2 aromatic heterocycles. The van der Waals surface area contributed by atoms with E-state index in [0.29, 0.717) is 21.7 Å². The lowest BCUT2D eigenvalue weighted by atomic mass is 10.1. The molecule has 8 heteroatoms. The van der Waals surface area contributed by atoms with Gasteiger partial charge in [-0.1, -0.05) is 47.1 Å². The van der Waals surface area contributed by atoms with Crippen LogP contribution in [0.25, 0.3) is 11.4 Å². The minimum atomic E-state index is -0.128. The summed E-state index contributed by atoms with van der Waals surface area (Å²) in [6.45, 7) is 2.04. The molecule has 0 saturated heterocycles. The van der Waals surface area contributed by atoms with E-state index in [9.17, 15) is 4.79 Å². The second kappa shape index (κ2) is 8.55. The number of halogens is 1. The molecule has 1 N–H and O–H groups in total. The molecule has 0 fully saturated rings. The summed E-state index contributed by atoms with van der Waals surface area (Å²) < 4.78 is 3.80. The molecule has 0 atom stereocenters. The summed E-state index contributed by atoms with van der Waals surface area (Å²) in [5.74, 6) is 0.789.